The fourth-order valence-electron chi connectivity index (χ4n) is 3.46. The van der Waals surface area contributed by atoms with Crippen LogP contribution in [0.1, 0.15) is 10.4 Å². The first-order valence-corrected chi connectivity index (χ1v) is 8.75. The molecule has 0 aliphatic carbocycles. The monoisotopic (exact) mass is 365 g/mol. The lowest BCUT2D eigenvalue weighted by Crippen LogP contribution is -2.49. The molecule has 2 heterocycles. The van der Waals surface area contributed by atoms with Gasteiger partial charge in [-0.25, -0.2) is 4.98 Å². The maximum atomic E-state index is 12.7. The number of piperazine rings is 1. The Labute approximate surface area is 155 Å². The predicted molar refractivity (Wildman–Crippen MR) is 102 cm³/mol. The molecule has 27 heavy (non-hydrogen) atoms. The van der Waals surface area contributed by atoms with Crippen molar-refractivity contribution in [3.05, 3.63) is 64.2 Å². The number of nitro groups is 1. The molecule has 1 fully saturated rings. The van der Waals surface area contributed by atoms with Gasteiger partial charge in [-0.3, -0.25) is 14.9 Å². The van der Waals surface area contributed by atoms with E-state index in [-0.39, 0.29) is 11.6 Å². The van der Waals surface area contributed by atoms with E-state index in [1.54, 1.807) is 17.0 Å². The topological polar surface area (TPSA) is 84.5 Å². The lowest BCUT2D eigenvalue weighted by molar-refractivity contribution is -0.384. The Hall–Kier alpha value is -3.42. The van der Waals surface area contributed by atoms with E-state index >= 15 is 0 Å². The molecule has 1 aromatic heterocycles. The Kier molecular flexibility index (Phi) is 4.23. The van der Waals surface area contributed by atoms with Crippen molar-refractivity contribution in [3.63, 3.8) is 0 Å². The SMILES string of the molecule is Cn1c(N2CCN(C(=O)c3cccc([N+](=O)[O-])c3)CC2)nc2ccccc21. The van der Waals surface area contributed by atoms with E-state index in [4.69, 9.17) is 4.98 Å². The molecule has 0 spiro atoms. The highest BCUT2D eigenvalue weighted by atomic mass is 16.6. The molecule has 1 aliphatic heterocycles. The highest BCUT2D eigenvalue weighted by molar-refractivity contribution is 5.95. The van der Waals surface area contributed by atoms with Crippen molar-refractivity contribution in [2.75, 3.05) is 31.1 Å². The van der Waals surface area contributed by atoms with Gasteiger partial charge in [0.05, 0.1) is 16.0 Å². The zero-order chi connectivity index (χ0) is 19.0. The van der Waals surface area contributed by atoms with Crippen molar-refractivity contribution in [1.82, 2.24) is 14.5 Å². The van der Waals surface area contributed by atoms with Crippen molar-refractivity contribution in [2.24, 2.45) is 7.05 Å². The number of nitro benzene ring substituents is 1. The van der Waals surface area contributed by atoms with Gasteiger partial charge in [0.25, 0.3) is 11.6 Å². The molecule has 1 amide bonds. The summed E-state index contributed by atoms with van der Waals surface area (Å²) in [6.45, 7) is 2.42. The summed E-state index contributed by atoms with van der Waals surface area (Å²) < 4.78 is 2.06. The molecule has 0 saturated carbocycles. The first kappa shape index (κ1) is 17.0. The summed E-state index contributed by atoms with van der Waals surface area (Å²) in [6, 6.07) is 13.9. The van der Waals surface area contributed by atoms with Gasteiger partial charge in [-0.15, -0.1) is 0 Å². The van der Waals surface area contributed by atoms with Crippen LogP contribution in [0.3, 0.4) is 0 Å². The molecule has 0 radical (unpaired) electrons. The number of aryl methyl sites for hydroxylation is 1. The summed E-state index contributed by atoms with van der Waals surface area (Å²) in [5.41, 5.74) is 2.30. The minimum absolute atomic E-state index is 0.0702. The fourth-order valence-corrected chi connectivity index (χ4v) is 3.46. The number of amides is 1. The molecule has 0 atom stereocenters. The second-order valence-electron chi connectivity index (χ2n) is 6.55. The van der Waals surface area contributed by atoms with Crippen LogP contribution in [0.15, 0.2) is 48.5 Å². The molecular weight excluding hydrogens is 346 g/mol. The molecule has 8 nitrogen and oxygen atoms in total. The number of fused-ring (bicyclic) bond motifs is 1. The molecular formula is C19H19N5O3. The van der Waals surface area contributed by atoms with Crippen LogP contribution in [-0.2, 0) is 7.05 Å². The summed E-state index contributed by atoms with van der Waals surface area (Å²) in [5, 5.41) is 10.9. The summed E-state index contributed by atoms with van der Waals surface area (Å²) in [7, 11) is 1.99. The van der Waals surface area contributed by atoms with E-state index in [1.165, 1.54) is 12.1 Å². The third kappa shape index (κ3) is 3.10. The second-order valence-corrected chi connectivity index (χ2v) is 6.55. The molecule has 4 rings (SSSR count). The average Bonchev–Trinajstić information content (AvgIpc) is 3.04. The number of hydrogen-bond acceptors (Lipinski definition) is 5. The minimum atomic E-state index is -0.486. The fraction of sp³-hybridized carbons (Fsp3) is 0.263. The number of nitrogens with zero attached hydrogens (tertiary/aromatic N) is 5. The van der Waals surface area contributed by atoms with Crippen LogP contribution in [0.25, 0.3) is 11.0 Å². The van der Waals surface area contributed by atoms with Crippen LogP contribution in [0.4, 0.5) is 11.6 Å². The molecule has 8 heteroatoms. The molecule has 0 bridgehead atoms. The zero-order valence-corrected chi connectivity index (χ0v) is 14.9. The maximum Gasteiger partial charge on any atom is 0.270 e. The van der Waals surface area contributed by atoms with Crippen LogP contribution in [0, 0.1) is 10.1 Å². The molecule has 1 aliphatic rings. The number of non-ortho nitro benzene ring substituents is 1. The predicted octanol–water partition coefficient (Wildman–Crippen LogP) is 2.44. The van der Waals surface area contributed by atoms with Crippen LogP contribution in [0.2, 0.25) is 0 Å². The van der Waals surface area contributed by atoms with Crippen molar-refractivity contribution < 1.29 is 9.72 Å². The molecule has 1 saturated heterocycles. The van der Waals surface area contributed by atoms with Crippen molar-refractivity contribution in [1.29, 1.82) is 0 Å². The lowest BCUT2D eigenvalue weighted by atomic mass is 10.1. The molecule has 3 aromatic rings. The lowest BCUT2D eigenvalue weighted by Gasteiger charge is -2.35. The van der Waals surface area contributed by atoms with Crippen LogP contribution in [0.5, 0.6) is 0 Å². The molecule has 138 valence electrons. The Bertz CT molecular complexity index is 1020. The number of imidazole rings is 1. The normalized spacial score (nSPS) is 14.6. The first-order valence-electron chi connectivity index (χ1n) is 8.75. The van der Waals surface area contributed by atoms with Gasteiger partial charge in [-0.1, -0.05) is 18.2 Å². The highest BCUT2D eigenvalue weighted by Crippen LogP contribution is 2.23. The molecule has 0 unspecified atom stereocenters. The van der Waals surface area contributed by atoms with E-state index in [2.05, 4.69) is 9.47 Å². The number of carbonyl (C=O) groups excluding carboxylic acids is 1. The summed E-state index contributed by atoms with van der Waals surface area (Å²) in [6.07, 6.45) is 0. The number of aromatic nitrogens is 2. The van der Waals surface area contributed by atoms with E-state index in [9.17, 15) is 14.9 Å². The number of benzene rings is 2. The summed E-state index contributed by atoms with van der Waals surface area (Å²) in [4.78, 5) is 31.7. The van der Waals surface area contributed by atoms with E-state index in [1.807, 2.05) is 31.3 Å². The van der Waals surface area contributed by atoms with Gasteiger partial charge in [0, 0.05) is 50.9 Å². The Morgan fingerprint density at radius 3 is 2.52 bits per heavy atom. The van der Waals surface area contributed by atoms with E-state index < -0.39 is 4.92 Å². The van der Waals surface area contributed by atoms with Crippen LogP contribution < -0.4 is 4.90 Å². The third-order valence-electron chi connectivity index (χ3n) is 4.92. The van der Waals surface area contributed by atoms with Crippen molar-refractivity contribution in [2.45, 2.75) is 0 Å². The van der Waals surface area contributed by atoms with E-state index in [0.29, 0.717) is 31.7 Å². The zero-order valence-electron chi connectivity index (χ0n) is 14.9. The Morgan fingerprint density at radius 1 is 1.07 bits per heavy atom. The van der Waals surface area contributed by atoms with Crippen molar-refractivity contribution >= 4 is 28.6 Å². The quantitative estimate of drug-likeness (QED) is 0.526. The number of rotatable bonds is 3. The van der Waals surface area contributed by atoms with Gasteiger partial charge >= 0.3 is 0 Å². The van der Waals surface area contributed by atoms with E-state index in [0.717, 1.165) is 17.0 Å². The van der Waals surface area contributed by atoms with Crippen molar-refractivity contribution in [3.8, 4) is 0 Å². The molecule has 0 N–H and O–H groups in total. The first-order chi connectivity index (χ1) is 13.0. The standard InChI is InChI=1S/C19H19N5O3/c1-21-17-8-3-2-7-16(17)20-19(21)23-11-9-22(10-12-23)18(25)14-5-4-6-15(13-14)24(26)27/h2-8,13H,9-12H2,1H3. The average molecular weight is 365 g/mol. The minimum Gasteiger partial charge on any atom is -0.339 e. The number of para-hydroxylation sites is 2. The van der Waals surface area contributed by atoms with Gasteiger partial charge in [-0.2, -0.15) is 0 Å². The maximum absolute atomic E-state index is 12.7. The number of carbonyl (C=O) groups is 1. The van der Waals surface area contributed by atoms with Gasteiger partial charge in [-0.05, 0) is 18.2 Å². The van der Waals surface area contributed by atoms with Gasteiger partial charge in [0.15, 0.2) is 0 Å². The van der Waals surface area contributed by atoms with Crippen LogP contribution >= 0.6 is 0 Å². The second kappa shape index (κ2) is 6.71. The van der Waals surface area contributed by atoms with Gasteiger partial charge in [0.1, 0.15) is 0 Å². The van der Waals surface area contributed by atoms with Gasteiger partial charge < -0.3 is 14.4 Å². The van der Waals surface area contributed by atoms with Gasteiger partial charge in [0.2, 0.25) is 5.95 Å². The van der Waals surface area contributed by atoms with Crippen LogP contribution in [-0.4, -0.2) is 51.5 Å². The largest absolute Gasteiger partial charge is 0.339 e. The Morgan fingerprint density at radius 2 is 1.81 bits per heavy atom. The number of anilines is 1. The summed E-state index contributed by atoms with van der Waals surface area (Å²) in [5.74, 6) is 0.710. The Balaban J connectivity index is 1.48. The highest BCUT2D eigenvalue weighted by Gasteiger charge is 2.25. The molecule has 2 aromatic carbocycles. The third-order valence-corrected chi connectivity index (χ3v) is 4.92. The summed E-state index contributed by atoms with van der Waals surface area (Å²) >= 11 is 0. The smallest absolute Gasteiger partial charge is 0.270 e. The number of hydrogen-bond donors (Lipinski definition) is 0.